The molecule has 0 saturated carbocycles. The second-order valence-corrected chi connectivity index (χ2v) is 8.60. The summed E-state index contributed by atoms with van der Waals surface area (Å²) in [6, 6.07) is 16.0. The normalized spacial score (nSPS) is 15.1. The number of likely N-dealkylation sites (tertiary alicyclic amines) is 1. The lowest BCUT2D eigenvalue weighted by Gasteiger charge is -2.25. The quantitative estimate of drug-likeness (QED) is 0.338. The molecule has 1 fully saturated rings. The number of thioether (sulfide) groups is 1. The van der Waals surface area contributed by atoms with Gasteiger partial charge in [-0.3, -0.25) is 0 Å². The van der Waals surface area contributed by atoms with Crippen LogP contribution in [0.2, 0.25) is 0 Å². The van der Waals surface area contributed by atoms with Gasteiger partial charge in [0.1, 0.15) is 5.75 Å². The molecule has 0 amide bonds. The molecule has 154 valence electrons. The number of ether oxygens (including phenoxy) is 1. The third kappa shape index (κ3) is 3.75. The smallest absolute Gasteiger partial charge is 0.191 e. The van der Waals surface area contributed by atoms with Crippen LogP contribution >= 0.6 is 11.8 Å². The fourth-order valence-corrected chi connectivity index (χ4v) is 4.96. The van der Waals surface area contributed by atoms with Gasteiger partial charge in [0.05, 0.1) is 18.2 Å². The van der Waals surface area contributed by atoms with Crippen LogP contribution in [0, 0.1) is 0 Å². The monoisotopic (exact) mass is 419 g/mol. The maximum atomic E-state index is 5.53. The molecule has 0 spiro atoms. The van der Waals surface area contributed by atoms with Crippen molar-refractivity contribution in [2.24, 2.45) is 0 Å². The zero-order valence-corrected chi connectivity index (χ0v) is 17.9. The van der Waals surface area contributed by atoms with Crippen molar-refractivity contribution < 1.29 is 4.74 Å². The maximum absolute atomic E-state index is 5.53. The third-order valence-corrected chi connectivity index (χ3v) is 6.49. The van der Waals surface area contributed by atoms with Crippen LogP contribution < -0.4 is 4.74 Å². The highest BCUT2D eigenvalue weighted by molar-refractivity contribution is 7.99. The Bertz CT molecular complexity index is 1170. The lowest BCUT2D eigenvalue weighted by molar-refractivity contribution is 0.242. The van der Waals surface area contributed by atoms with E-state index in [0.717, 1.165) is 45.3 Å². The predicted octanol–water partition coefficient (Wildman–Crippen LogP) is 4.53. The van der Waals surface area contributed by atoms with Crippen molar-refractivity contribution in [1.29, 1.82) is 0 Å². The molecule has 1 aliphatic heterocycles. The topological polar surface area (TPSA) is 55.6 Å². The van der Waals surface area contributed by atoms with Gasteiger partial charge in [0, 0.05) is 17.7 Å². The van der Waals surface area contributed by atoms with Crippen LogP contribution in [0.4, 0.5) is 0 Å². The number of aromatic nitrogens is 4. The first kappa shape index (κ1) is 19.3. The van der Waals surface area contributed by atoms with Crippen molar-refractivity contribution in [3.8, 4) is 17.1 Å². The summed E-state index contributed by atoms with van der Waals surface area (Å²) in [7, 11) is 1.67. The predicted molar refractivity (Wildman–Crippen MR) is 121 cm³/mol. The fraction of sp³-hybridized carbons (Fsp3) is 0.348. The molecule has 0 aliphatic carbocycles. The van der Waals surface area contributed by atoms with E-state index in [-0.39, 0.29) is 0 Å². The summed E-state index contributed by atoms with van der Waals surface area (Å²) in [6.45, 7) is 3.50. The van der Waals surface area contributed by atoms with E-state index < -0.39 is 0 Å². The molecule has 30 heavy (non-hydrogen) atoms. The van der Waals surface area contributed by atoms with Crippen molar-refractivity contribution in [3.05, 3.63) is 48.5 Å². The molecular formula is C23H25N5OS. The largest absolute Gasteiger partial charge is 0.496 e. The van der Waals surface area contributed by atoms with E-state index in [2.05, 4.69) is 11.0 Å². The highest BCUT2D eigenvalue weighted by Gasteiger charge is 2.17. The van der Waals surface area contributed by atoms with Gasteiger partial charge in [0.15, 0.2) is 16.6 Å². The summed E-state index contributed by atoms with van der Waals surface area (Å²) in [6.07, 6.45) is 3.99. The number of nitrogens with zero attached hydrogens (tertiary/aromatic N) is 5. The second kappa shape index (κ2) is 8.62. The van der Waals surface area contributed by atoms with Gasteiger partial charge in [-0.15, -0.1) is 5.10 Å². The Morgan fingerprint density at radius 2 is 1.77 bits per heavy atom. The molecule has 1 aliphatic rings. The number of fused-ring (bicyclic) bond motifs is 3. The average molecular weight is 420 g/mol. The first-order valence-corrected chi connectivity index (χ1v) is 11.5. The van der Waals surface area contributed by atoms with E-state index in [4.69, 9.17) is 19.8 Å². The molecule has 0 N–H and O–H groups in total. The molecule has 3 heterocycles. The SMILES string of the molecule is COc1ccccc1-c1nc2c3ccccc3nc(SCCN3CCCCC3)n2n1. The van der Waals surface area contributed by atoms with Gasteiger partial charge in [-0.2, -0.15) is 4.52 Å². The molecule has 6 nitrogen and oxygen atoms in total. The first-order valence-electron chi connectivity index (χ1n) is 10.5. The number of benzene rings is 2. The first-order chi connectivity index (χ1) is 14.8. The Morgan fingerprint density at radius 1 is 0.967 bits per heavy atom. The summed E-state index contributed by atoms with van der Waals surface area (Å²) >= 11 is 1.75. The number of hydrogen-bond acceptors (Lipinski definition) is 6. The molecule has 0 unspecified atom stereocenters. The van der Waals surface area contributed by atoms with E-state index >= 15 is 0 Å². The summed E-state index contributed by atoms with van der Waals surface area (Å²) in [4.78, 5) is 12.3. The molecule has 0 bridgehead atoms. The van der Waals surface area contributed by atoms with E-state index in [9.17, 15) is 0 Å². The van der Waals surface area contributed by atoms with Gasteiger partial charge in [-0.1, -0.05) is 42.4 Å². The molecule has 7 heteroatoms. The minimum absolute atomic E-state index is 0.656. The van der Waals surface area contributed by atoms with Crippen LogP contribution in [0.1, 0.15) is 19.3 Å². The molecule has 5 rings (SSSR count). The summed E-state index contributed by atoms with van der Waals surface area (Å²) < 4.78 is 7.42. The zero-order valence-electron chi connectivity index (χ0n) is 17.1. The van der Waals surface area contributed by atoms with Crippen molar-refractivity contribution in [2.75, 3.05) is 32.5 Å². The van der Waals surface area contributed by atoms with Gasteiger partial charge in [-0.05, 0) is 50.2 Å². The summed E-state index contributed by atoms with van der Waals surface area (Å²) in [5.41, 5.74) is 2.67. The van der Waals surface area contributed by atoms with Crippen molar-refractivity contribution in [2.45, 2.75) is 24.4 Å². The van der Waals surface area contributed by atoms with Crippen LogP contribution in [0.5, 0.6) is 5.75 Å². The minimum Gasteiger partial charge on any atom is -0.496 e. The van der Waals surface area contributed by atoms with Gasteiger partial charge >= 0.3 is 0 Å². The summed E-state index contributed by atoms with van der Waals surface area (Å²) in [5.74, 6) is 2.41. The Morgan fingerprint density at radius 3 is 2.63 bits per heavy atom. The number of methoxy groups -OCH3 is 1. The van der Waals surface area contributed by atoms with E-state index in [0.29, 0.717) is 5.82 Å². The third-order valence-electron chi connectivity index (χ3n) is 5.58. The van der Waals surface area contributed by atoms with Crippen molar-refractivity contribution in [3.63, 3.8) is 0 Å². The summed E-state index contributed by atoms with van der Waals surface area (Å²) in [5, 5.41) is 6.73. The Balaban J connectivity index is 1.53. The molecule has 2 aromatic carbocycles. The molecular weight excluding hydrogens is 394 g/mol. The van der Waals surface area contributed by atoms with Gasteiger partial charge in [-0.25, -0.2) is 9.97 Å². The number of rotatable bonds is 6. The lowest BCUT2D eigenvalue weighted by atomic mass is 10.1. The van der Waals surface area contributed by atoms with Crippen LogP contribution in [0.3, 0.4) is 0 Å². The number of hydrogen-bond donors (Lipinski definition) is 0. The Kier molecular flexibility index (Phi) is 5.55. The van der Waals surface area contributed by atoms with Gasteiger partial charge in [0.25, 0.3) is 0 Å². The fourth-order valence-electron chi connectivity index (χ4n) is 4.02. The highest BCUT2D eigenvalue weighted by atomic mass is 32.2. The standard InChI is InChI=1S/C23H25N5OS/c1-29-20-12-6-4-10-18(20)21-25-22-17-9-3-5-11-19(17)24-23(28(22)26-21)30-16-15-27-13-7-2-8-14-27/h3-6,9-12H,2,7-8,13-16H2,1H3. The van der Waals surface area contributed by atoms with E-state index in [1.165, 1.54) is 32.4 Å². The highest BCUT2D eigenvalue weighted by Crippen LogP contribution is 2.30. The Labute approximate surface area is 180 Å². The molecule has 0 atom stereocenters. The molecule has 2 aromatic heterocycles. The average Bonchev–Trinajstić information content (AvgIpc) is 3.26. The Hall–Kier alpha value is -2.64. The minimum atomic E-state index is 0.656. The van der Waals surface area contributed by atoms with Crippen LogP contribution in [0.15, 0.2) is 53.7 Å². The lowest BCUT2D eigenvalue weighted by Crippen LogP contribution is -2.31. The number of piperidine rings is 1. The van der Waals surface area contributed by atoms with Crippen LogP contribution in [-0.2, 0) is 0 Å². The van der Waals surface area contributed by atoms with E-state index in [1.807, 2.05) is 47.0 Å². The second-order valence-electron chi connectivity index (χ2n) is 7.53. The maximum Gasteiger partial charge on any atom is 0.191 e. The number of para-hydroxylation sites is 2. The van der Waals surface area contributed by atoms with Gasteiger partial charge in [0.2, 0.25) is 0 Å². The molecule has 1 saturated heterocycles. The van der Waals surface area contributed by atoms with Crippen LogP contribution in [0.25, 0.3) is 27.9 Å². The van der Waals surface area contributed by atoms with Crippen molar-refractivity contribution in [1.82, 2.24) is 24.5 Å². The van der Waals surface area contributed by atoms with Crippen LogP contribution in [-0.4, -0.2) is 57.0 Å². The van der Waals surface area contributed by atoms with E-state index in [1.54, 1.807) is 18.9 Å². The molecule has 0 radical (unpaired) electrons. The van der Waals surface area contributed by atoms with Gasteiger partial charge < -0.3 is 9.64 Å². The molecule has 4 aromatic rings. The zero-order chi connectivity index (χ0) is 20.3. The van der Waals surface area contributed by atoms with Crippen molar-refractivity contribution >= 4 is 28.3 Å².